The van der Waals surface area contributed by atoms with Crippen molar-refractivity contribution in [3.8, 4) is 17.6 Å². The molecule has 33 heavy (non-hydrogen) atoms. The molecule has 1 aromatic heterocycles. The number of amides is 1. The monoisotopic (exact) mass is 493 g/mol. The molecule has 170 valence electrons. The van der Waals surface area contributed by atoms with Gasteiger partial charge in [-0.05, 0) is 42.0 Å². The molecule has 0 aliphatic carbocycles. The van der Waals surface area contributed by atoms with Crippen LogP contribution in [0.4, 0.5) is 18.3 Å². The average molecular weight is 494 g/mol. The standard InChI is InChI=1S/C22H15ClF3N3O3S/c23-18-11-14(10-15(13-27)20(30)29-21-28-6-9-33-21)4-5-19(18)32-8-7-31-17-3-1-2-16(12-17)22(24,25)26/h1-6,9-12H,7-8H2,(H,28,29,30)/b15-10-. The summed E-state index contributed by atoms with van der Waals surface area (Å²) in [6, 6.07) is 11.0. The van der Waals surface area contributed by atoms with Crippen molar-refractivity contribution in [3.05, 3.63) is 75.8 Å². The smallest absolute Gasteiger partial charge is 0.416 e. The van der Waals surface area contributed by atoms with E-state index in [-0.39, 0.29) is 29.6 Å². The molecular formula is C22H15ClF3N3O3S. The maximum Gasteiger partial charge on any atom is 0.416 e. The number of nitrogens with zero attached hydrogens (tertiary/aromatic N) is 2. The Morgan fingerprint density at radius 3 is 2.67 bits per heavy atom. The lowest BCUT2D eigenvalue weighted by molar-refractivity contribution is -0.137. The predicted molar refractivity (Wildman–Crippen MR) is 118 cm³/mol. The third-order valence-electron chi connectivity index (χ3n) is 4.06. The first-order chi connectivity index (χ1) is 15.8. The molecule has 1 N–H and O–H groups in total. The number of carbonyl (C=O) groups is 1. The Balaban J connectivity index is 1.56. The van der Waals surface area contributed by atoms with Gasteiger partial charge in [-0.15, -0.1) is 11.3 Å². The van der Waals surface area contributed by atoms with Crippen LogP contribution in [0.15, 0.2) is 59.6 Å². The zero-order chi connectivity index (χ0) is 23.8. The number of thiazole rings is 1. The number of nitrogens with one attached hydrogen (secondary N) is 1. The van der Waals surface area contributed by atoms with Crippen LogP contribution in [0.25, 0.3) is 6.08 Å². The van der Waals surface area contributed by atoms with Crippen LogP contribution in [-0.2, 0) is 11.0 Å². The molecule has 1 heterocycles. The number of anilines is 1. The largest absolute Gasteiger partial charge is 0.490 e. The van der Waals surface area contributed by atoms with Crippen molar-refractivity contribution in [1.29, 1.82) is 5.26 Å². The lowest BCUT2D eigenvalue weighted by Crippen LogP contribution is -2.13. The third-order valence-corrected chi connectivity index (χ3v) is 5.04. The van der Waals surface area contributed by atoms with Gasteiger partial charge in [0.05, 0.1) is 10.6 Å². The molecule has 0 radical (unpaired) electrons. The number of benzene rings is 2. The van der Waals surface area contributed by atoms with Crippen molar-refractivity contribution >= 4 is 40.1 Å². The van der Waals surface area contributed by atoms with Gasteiger partial charge in [-0.2, -0.15) is 18.4 Å². The second-order valence-electron chi connectivity index (χ2n) is 6.37. The molecule has 0 unspecified atom stereocenters. The Bertz CT molecular complexity index is 1190. The van der Waals surface area contributed by atoms with Crippen molar-refractivity contribution in [2.75, 3.05) is 18.5 Å². The van der Waals surface area contributed by atoms with Crippen LogP contribution in [0, 0.1) is 11.3 Å². The number of rotatable bonds is 8. The third kappa shape index (κ3) is 6.97. The number of nitriles is 1. The fourth-order valence-corrected chi connectivity index (χ4v) is 3.33. The summed E-state index contributed by atoms with van der Waals surface area (Å²) in [7, 11) is 0. The first kappa shape index (κ1) is 24.1. The van der Waals surface area contributed by atoms with Crippen molar-refractivity contribution < 1.29 is 27.4 Å². The SMILES string of the molecule is N#C/C(=C/c1ccc(OCCOc2cccc(C(F)(F)F)c2)c(Cl)c1)C(=O)Nc1nccs1. The van der Waals surface area contributed by atoms with Gasteiger partial charge < -0.3 is 9.47 Å². The maximum absolute atomic E-state index is 12.7. The van der Waals surface area contributed by atoms with Crippen LogP contribution in [-0.4, -0.2) is 24.1 Å². The molecule has 0 spiro atoms. The summed E-state index contributed by atoms with van der Waals surface area (Å²) in [4.78, 5) is 16.1. The van der Waals surface area contributed by atoms with E-state index in [0.29, 0.717) is 16.4 Å². The highest BCUT2D eigenvalue weighted by Gasteiger charge is 2.30. The number of aromatic nitrogens is 1. The minimum atomic E-state index is -4.45. The number of hydrogen-bond donors (Lipinski definition) is 1. The Labute approximate surface area is 195 Å². The summed E-state index contributed by atoms with van der Waals surface area (Å²) in [5.41, 5.74) is -0.437. The van der Waals surface area contributed by atoms with Crippen LogP contribution in [0.1, 0.15) is 11.1 Å². The quantitative estimate of drug-likeness (QED) is 0.243. The van der Waals surface area contributed by atoms with Crippen molar-refractivity contribution in [3.63, 3.8) is 0 Å². The summed E-state index contributed by atoms with van der Waals surface area (Å²) in [6.07, 6.45) is -1.55. The summed E-state index contributed by atoms with van der Waals surface area (Å²) in [5, 5.41) is 14.1. The van der Waals surface area contributed by atoms with Gasteiger partial charge >= 0.3 is 6.18 Å². The van der Waals surface area contributed by atoms with Gasteiger partial charge in [0.1, 0.15) is 36.4 Å². The normalized spacial score (nSPS) is 11.5. The van der Waals surface area contributed by atoms with E-state index in [2.05, 4.69) is 10.3 Å². The molecule has 2 aromatic carbocycles. The van der Waals surface area contributed by atoms with Crippen molar-refractivity contribution in [2.24, 2.45) is 0 Å². The first-order valence-corrected chi connectivity index (χ1v) is 10.6. The van der Waals surface area contributed by atoms with E-state index in [9.17, 15) is 23.2 Å². The van der Waals surface area contributed by atoms with Crippen LogP contribution < -0.4 is 14.8 Å². The molecule has 0 fully saturated rings. The average Bonchev–Trinajstić information content (AvgIpc) is 3.28. The molecule has 3 aromatic rings. The van der Waals surface area contributed by atoms with Crippen LogP contribution >= 0.6 is 22.9 Å². The van der Waals surface area contributed by atoms with Gasteiger partial charge in [0.15, 0.2) is 5.13 Å². The van der Waals surface area contributed by atoms with Gasteiger partial charge in [-0.1, -0.05) is 23.7 Å². The zero-order valence-corrected chi connectivity index (χ0v) is 18.3. The fraction of sp³-hybridized carbons (Fsp3) is 0.136. The van der Waals surface area contributed by atoms with Gasteiger partial charge in [0.2, 0.25) is 0 Å². The number of ether oxygens (including phenoxy) is 2. The Morgan fingerprint density at radius 2 is 2.00 bits per heavy atom. The van der Waals surface area contributed by atoms with E-state index < -0.39 is 17.6 Å². The van der Waals surface area contributed by atoms with Crippen LogP contribution in [0.2, 0.25) is 5.02 Å². The molecule has 0 aliphatic rings. The molecule has 6 nitrogen and oxygen atoms in total. The minimum absolute atomic E-state index is 0.00516. The van der Waals surface area contributed by atoms with E-state index in [1.54, 1.807) is 17.5 Å². The molecule has 0 aliphatic heterocycles. The van der Waals surface area contributed by atoms with E-state index >= 15 is 0 Å². The highest BCUT2D eigenvalue weighted by molar-refractivity contribution is 7.13. The minimum Gasteiger partial charge on any atom is -0.490 e. The van der Waals surface area contributed by atoms with E-state index in [4.69, 9.17) is 21.1 Å². The summed E-state index contributed by atoms with van der Waals surface area (Å²) in [5.74, 6) is -0.220. The van der Waals surface area contributed by atoms with Crippen molar-refractivity contribution in [2.45, 2.75) is 6.18 Å². The van der Waals surface area contributed by atoms with E-state index in [1.165, 1.54) is 41.8 Å². The molecule has 0 saturated heterocycles. The van der Waals surface area contributed by atoms with Gasteiger partial charge in [-0.3, -0.25) is 10.1 Å². The molecule has 0 saturated carbocycles. The predicted octanol–water partition coefficient (Wildman–Crippen LogP) is 5.82. The number of alkyl halides is 3. The number of halogens is 4. The summed E-state index contributed by atoms with van der Waals surface area (Å²) < 4.78 is 49.0. The number of hydrogen-bond acceptors (Lipinski definition) is 6. The molecule has 1 amide bonds. The number of carbonyl (C=O) groups excluding carboxylic acids is 1. The lowest BCUT2D eigenvalue weighted by atomic mass is 10.1. The summed E-state index contributed by atoms with van der Waals surface area (Å²) >= 11 is 7.43. The first-order valence-electron chi connectivity index (χ1n) is 9.31. The Kier molecular flexibility index (Phi) is 7.92. The van der Waals surface area contributed by atoms with Crippen LogP contribution in [0.5, 0.6) is 11.5 Å². The molecule has 3 rings (SSSR count). The van der Waals surface area contributed by atoms with E-state index in [0.717, 1.165) is 12.1 Å². The highest BCUT2D eigenvalue weighted by Crippen LogP contribution is 2.31. The second kappa shape index (κ2) is 10.8. The molecule has 0 bridgehead atoms. The molecule has 0 atom stereocenters. The fourth-order valence-electron chi connectivity index (χ4n) is 2.56. The molecular weight excluding hydrogens is 479 g/mol. The van der Waals surface area contributed by atoms with Gasteiger partial charge in [0, 0.05) is 11.6 Å². The van der Waals surface area contributed by atoms with E-state index in [1.807, 2.05) is 6.07 Å². The summed E-state index contributed by atoms with van der Waals surface area (Å²) in [6.45, 7) is 0.0274. The molecule has 11 heteroatoms. The second-order valence-corrected chi connectivity index (χ2v) is 7.68. The zero-order valence-electron chi connectivity index (χ0n) is 16.7. The van der Waals surface area contributed by atoms with Crippen LogP contribution in [0.3, 0.4) is 0 Å². The highest BCUT2D eigenvalue weighted by atomic mass is 35.5. The topological polar surface area (TPSA) is 84.2 Å². The Hall–Kier alpha value is -3.55. The van der Waals surface area contributed by atoms with Gasteiger partial charge in [-0.25, -0.2) is 4.98 Å². The maximum atomic E-state index is 12.7. The van der Waals surface area contributed by atoms with Crippen molar-refractivity contribution in [1.82, 2.24) is 4.98 Å². The Morgan fingerprint density at radius 1 is 1.21 bits per heavy atom. The van der Waals surface area contributed by atoms with Gasteiger partial charge in [0.25, 0.3) is 5.91 Å². The lowest BCUT2D eigenvalue weighted by Gasteiger charge is -2.12.